The van der Waals surface area contributed by atoms with E-state index in [0.717, 1.165) is 17.3 Å². The van der Waals surface area contributed by atoms with Crippen molar-refractivity contribution in [3.63, 3.8) is 0 Å². The summed E-state index contributed by atoms with van der Waals surface area (Å²) in [4.78, 5) is 9.05. The first kappa shape index (κ1) is 16.8. The number of aromatic nitrogens is 2. The summed E-state index contributed by atoms with van der Waals surface area (Å²) in [5.41, 5.74) is 7.63. The quantitative estimate of drug-likeness (QED) is 0.577. The minimum absolute atomic E-state index is 0.0270. The molecule has 3 atom stereocenters. The van der Waals surface area contributed by atoms with Crippen molar-refractivity contribution in [2.24, 2.45) is 0 Å². The molecule has 2 aromatic carbocycles. The number of anilines is 1. The highest BCUT2D eigenvalue weighted by Gasteiger charge is 2.22. The molecule has 4 rings (SSSR count). The number of hydrogen-bond acceptors (Lipinski definition) is 6. The zero-order chi connectivity index (χ0) is 18.1. The molecule has 0 bridgehead atoms. The van der Waals surface area contributed by atoms with Crippen molar-refractivity contribution in [3.8, 4) is 0 Å². The van der Waals surface area contributed by atoms with Crippen LogP contribution in [-0.4, -0.2) is 27.3 Å². The standard InChI is InChI=1S/C19H20FN5O/c1-11-10-16(25-24-11)22-18-14-4-2-3-5-15(14)21-19(23-18)17(26)12-6-8-13(20)9-7-12/h2-9,11,16-17,24-26H,10H2,1H3,(H,21,22,23). The van der Waals surface area contributed by atoms with Crippen LogP contribution < -0.4 is 16.2 Å². The van der Waals surface area contributed by atoms with Gasteiger partial charge in [-0.1, -0.05) is 24.3 Å². The van der Waals surface area contributed by atoms with Crippen LogP contribution in [0.5, 0.6) is 0 Å². The van der Waals surface area contributed by atoms with Crippen molar-refractivity contribution in [2.45, 2.75) is 31.7 Å². The molecular weight excluding hydrogens is 333 g/mol. The zero-order valence-electron chi connectivity index (χ0n) is 14.3. The highest BCUT2D eigenvalue weighted by molar-refractivity contribution is 5.89. The molecule has 3 unspecified atom stereocenters. The molecule has 134 valence electrons. The van der Waals surface area contributed by atoms with E-state index in [9.17, 15) is 9.50 Å². The van der Waals surface area contributed by atoms with E-state index in [-0.39, 0.29) is 17.8 Å². The Morgan fingerprint density at radius 1 is 1.12 bits per heavy atom. The number of benzene rings is 2. The first-order chi connectivity index (χ1) is 12.6. The summed E-state index contributed by atoms with van der Waals surface area (Å²) in [5.74, 6) is 0.577. The fraction of sp³-hybridized carbons (Fsp3) is 0.263. The second-order valence-electron chi connectivity index (χ2n) is 6.52. The minimum Gasteiger partial charge on any atom is -0.380 e. The number of aliphatic hydroxyl groups is 1. The van der Waals surface area contributed by atoms with Crippen molar-refractivity contribution in [1.29, 1.82) is 0 Å². The smallest absolute Gasteiger partial charge is 0.164 e. The second kappa shape index (κ2) is 6.95. The van der Waals surface area contributed by atoms with Gasteiger partial charge in [0.05, 0.1) is 11.7 Å². The lowest BCUT2D eigenvalue weighted by atomic mass is 10.1. The van der Waals surface area contributed by atoms with Gasteiger partial charge in [-0.3, -0.25) is 5.43 Å². The Kier molecular flexibility index (Phi) is 4.50. The number of aliphatic hydroxyl groups excluding tert-OH is 1. The first-order valence-corrected chi connectivity index (χ1v) is 8.58. The maximum absolute atomic E-state index is 13.1. The number of hydrogen-bond donors (Lipinski definition) is 4. The molecule has 1 saturated heterocycles. The minimum atomic E-state index is -1.03. The highest BCUT2D eigenvalue weighted by Crippen LogP contribution is 2.26. The van der Waals surface area contributed by atoms with Gasteiger partial charge in [0.25, 0.3) is 0 Å². The zero-order valence-corrected chi connectivity index (χ0v) is 14.3. The summed E-state index contributed by atoms with van der Waals surface area (Å²) in [7, 11) is 0. The van der Waals surface area contributed by atoms with Crippen molar-refractivity contribution in [2.75, 3.05) is 5.32 Å². The molecule has 3 aromatic rings. The van der Waals surface area contributed by atoms with E-state index in [2.05, 4.69) is 33.1 Å². The summed E-state index contributed by atoms with van der Waals surface area (Å²) in [6, 6.07) is 13.7. The number of nitrogens with zero attached hydrogens (tertiary/aromatic N) is 2. The predicted molar refractivity (Wildman–Crippen MR) is 97.8 cm³/mol. The number of rotatable bonds is 4. The third-order valence-electron chi connectivity index (χ3n) is 4.46. The Hall–Kier alpha value is -2.61. The summed E-state index contributed by atoms with van der Waals surface area (Å²) in [6.07, 6.45) is -0.109. The van der Waals surface area contributed by atoms with Crippen LogP contribution in [0, 0.1) is 5.82 Å². The SMILES string of the molecule is CC1CC(Nc2nc(C(O)c3ccc(F)cc3)nc3ccccc23)NN1. The van der Waals surface area contributed by atoms with E-state index in [1.54, 1.807) is 0 Å². The van der Waals surface area contributed by atoms with Crippen LogP contribution in [0.1, 0.15) is 30.8 Å². The average Bonchev–Trinajstić information content (AvgIpc) is 3.06. The molecule has 0 aliphatic carbocycles. The maximum atomic E-state index is 13.1. The molecule has 1 aromatic heterocycles. The molecule has 0 saturated carbocycles. The lowest BCUT2D eigenvalue weighted by molar-refractivity contribution is 0.210. The van der Waals surface area contributed by atoms with Gasteiger partial charge in [0.15, 0.2) is 5.82 Å². The molecule has 0 amide bonds. The van der Waals surface area contributed by atoms with E-state index in [4.69, 9.17) is 0 Å². The van der Waals surface area contributed by atoms with Gasteiger partial charge in [0.1, 0.15) is 17.7 Å². The van der Waals surface area contributed by atoms with Crippen molar-refractivity contribution in [1.82, 2.24) is 20.8 Å². The van der Waals surface area contributed by atoms with Crippen LogP contribution in [0.4, 0.5) is 10.2 Å². The molecule has 1 aliphatic heterocycles. The Morgan fingerprint density at radius 2 is 1.88 bits per heavy atom. The molecule has 26 heavy (non-hydrogen) atoms. The summed E-state index contributed by atoms with van der Waals surface area (Å²) in [6.45, 7) is 2.09. The Labute approximate surface area is 150 Å². The lowest BCUT2D eigenvalue weighted by Crippen LogP contribution is -2.36. The largest absolute Gasteiger partial charge is 0.380 e. The van der Waals surface area contributed by atoms with Crippen LogP contribution in [0.2, 0.25) is 0 Å². The van der Waals surface area contributed by atoms with Gasteiger partial charge in [-0.15, -0.1) is 0 Å². The molecule has 4 N–H and O–H groups in total. The van der Waals surface area contributed by atoms with Gasteiger partial charge >= 0.3 is 0 Å². The molecule has 1 fully saturated rings. The molecule has 6 nitrogen and oxygen atoms in total. The van der Waals surface area contributed by atoms with Crippen LogP contribution in [0.15, 0.2) is 48.5 Å². The fourth-order valence-corrected chi connectivity index (χ4v) is 3.10. The number of hydrazine groups is 1. The Balaban J connectivity index is 1.72. The number of fused-ring (bicyclic) bond motifs is 1. The summed E-state index contributed by atoms with van der Waals surface area (Å²) < 4.78 is 13.1. The third kappa shape index (κ3) is 3.37. The molecule has 1 aliphatic rings. The van der Waals surface area contributed by atoms with Crippen LogP contribution in [0.25, 0.3) is 10.9 Å². The van der Waals surface area contributed by atoms with E-state index in [1.165, 1.54) is 24.3 Å². The molecule has 2 heterocycles. The van der Waals surface area contributed by atoms with Crippen LogP contribution in [0.3, 0.4) is 0 Å². The van der Waals surface area contributed by atoms with E-state index < -0.39 is 6.10 Å². The number of para-hydroxylation sites is 1. The third-order valence-corrected chi connectivity index (χ3v) is 4.46. The van der Waals surface area contributed by atoms with Gasteiger partial charge in [0, 0.05) is 11.4 Å². The Morgan fingerprint density at radius 3 is 2.62 bits per heavy atom. The normalized spacial score (nSPS) is 21.0. The second-order valence-corrected chi connectivity index (χ2v) is 6.52. The predicted octanol–water partition coefficient (Wildman–Crippen LogP) is 2.47. The first-order valence-electron chi connectivity index (χ1n) is 8.58. The van der Waals surface area contributed by atoms with Crippen LogP contribution in [-0.2, 0) is 0 Å². The maximum Gasteiger partial charge on any atom is 0.164 e. The van der Waals surface area contributed by atoms with Crippen LogP contribution >= 0.6 is 0 Å². The van der Waals surface area contributed by atoms with E-state index >= 15 is 0 Å². The highest BCUT2D eigenvalue weighted by atomic mass is 19.1. The van der Waals surface area contributed by atoms with Gasteiger partial charge in [-0.25, -0.2) is 19.8 Å². The lowest BCUT2D eigenvalue weighted by Gasteiger charge is -2.17. The molecule has 0 spiro atoms. The van der Waals surface area contributed by atoms with Gasteiger partial charge in [-0.05, 0) is 43.2 Å². The number of nitrogens with one attached hydrogen (secondary N) is 3. The molecule has 0 radical (unpaired) electrons. The van der Waals surface area contributed by atoms with E-state index in [0.29, 0.717) is 17.4 Å². The van der Waals surface area contributed by atoms with Gasteiger partial charge in [0.2, 0.25) is 0 Å². The summed E-state index contributed by atoms with van der Waals surface area (Å²) in [5, 5.41) is 14.9. The van der Waals surface area contributed by atoms with Gasteiger partial charge < -0.3 is 10.4 Å². The molecular formula is C19H20FN5O. The van der Waals surface area contributed by atoms with E-state index in [1.807, 2.05) is 24.3 Å². The number of halogens is 1. The van der Waals surface area contributed by atoms with Crippen molar-refractivity contribution >= 4 is 16.7 Å². The molecule has 7 heteroatoms. The topological polar surface area (TPSA) is 82.1 Å². The Bertz CT molecular complexity index is 917. The van der Waals surface area contributed by atoms with Crippen molar-refractivity contribution < 1.29 is 9.50 Å². The fourth-order valence-electron chi connectivity index (χ4n) is 3.10. The average molecular weight is 353 g/mol. The van der Waals surface area contributed by atoms with Gasteiger partial charge in [-0.2, -0.15) is 0 Å². The monoisotopic (exact) mass is 353 g/mol. The van der Waals surface area contributed by atoms with Crippen molar-refractivity contribution in [3.05, 3.63) is 65.7 Å². The summed E-state index contributed by atoms with van der Waals surface area (Å²) >= 11 is 0.